The van der Waals surface area contributed by atoms with E-state index in [2.05, 4.69) is 10.3 Å². The van der Waals surface area contributed by atoms with Crippen molar-refractivity contribution in [1.82, 2.24) is 4.98 Å². The van der Waals surface area contributed by atoms with E-state index in [0.29, 0.717) is 28.9 Å². The van der Waals surface area contributed by atoms with E-state index in [1.807, 2.05) is 0 Å². The number of hydrogen-bond acceptors (Lipinski definition) is 5. The first-order valence-electron chi connectivity index (χ1n) is 5.01. The van der Waals surface area contributed by atoms with Gasteiger partial charge in [-0.2, -0.15) is 0 Å². The van der Waals surface area contributed by atoms with Crippen molar-refractivity contribution < 1.29 is 9.59 Å². The second-order valence-electron chi connectivity index (χ2n) is 3.56. The Hall–Kier alpha value is -2.24. The zero-order valence-corrected chi connectivity index (χ0v) is 9.70. The van der Waals surface area contributed by atoms with Crippen molar-refractivity contribution >= 4 is 23.6 Å². The van der Waals surface area contributed by atoms with Crippen molar-refractivity contribution in [2.45, 2.75) is 13.8 Å². The average Bonchev–Trinajstić information content (AvgIpc) is 2.25. The number of nitrogens with one attached hydrogen (secondary N) is 2. The number of nitrogens with two attached hydrogens (primary N) is 1. The molecular formula is C11H14N4O2. The number of carbonyl (C=O) groups is 2. The molecule has 17 heavy (non-hydrogen) atoms. The highest BCUT2D eigenvalue weighted by atomic mass is 16.1. The molecule has 0 fully saturated rings. The first-order chi connectivity index (χ1) is 7.97. The van der Waals surface area contributed by atoms with E-state index in [9.17, 15) is 9.59 Å². The van der Waals surface area contributed by atoms with Gasteiger partial charge in [0.15, 0.2) is 0 Å². The molecule has 0 atom stereocenters. The molecule has 6 heteroatoms. The summed E-state index contributed by atoms with van der Waals surface area (Å²) in [5.74, 6) is -0.816. The maximum atomic E-state index is 11.0. The van der Waals surface area contributed by atoms with E-state index in [-0.39, 0.29) is 12.3 Å². The number of carbonyl (C=O) groups excluding carboxylic acids is 2. The van der Waals surface area contributed by atoms with E-state index in [4.69, 9.17) is 11.1 Å². The second kappa shape index (κ2) is 5.20. The number of rotatable bonds is 5. The molecular weight excluding hydrogens is 220 g/mol. The number of pyridine rings is 1. The highest BCUT2D eigenvalue weighted by molar-refractivity contribution is 6.44. The van der Waals surface area contributed by atoms with Crippen LogP contribution in [0, 0.1) is 19.3 Å². The van der Waals surface area contributed by atoms with Gasteiger partial charge in [-0.15, -0.1) is 0 Å². The summed E-state index contributed by atoms with van der Waals surface area (Å²) in [7, 11) is 0. The van der Waals surface area contributed by atoms with Gasteiger partial charge in [0.2, 0.25) is 0 Å². The highest BCUT2D eigenvalue weighted by Gasteiger charge is 2.15. The third-order valence-electron chi connectivity index (χ3n) is 2.21. The van der Waals surface area contributed by atoms with Crippen LogP contribution in [0.2, 0.25) is 0 Å². The first-order valence-corrected chi connectivity index (χ1v) is 5.01. The molecule has 4 N–H and O–H groups in total. The zero-order valence-electron chi connectivity index (χ0n) is 9.70. The van der Waals surface area contributed by atoms with Crippen molar-refractivity contribution in [2.75, 3.05) is 11.9 Å². The van der Waals surface area contributed by atoms with Gasteiger partial charge in [0.25, 0.3) is 5.91 Å². The van der Waals surface area contributed by atoms with E-state index >= 15 is 0 Å². The Morgan fingerprint density at radius 2 is 2.24 bits per heavy atom. The van der Waals surface area contributed by atoms with Crippen molar-refractivity contribution in [1.29, 1.82) is 5.41 Å². The molecule has 1 aromatic rings. The van der Waals surface area contributed by atoms with E-state index in [1.54, 1.807) is 19.9 Å². The largest absolute Gasteiger partial charge is 0.376 e. The van der Waals surface area contributed by atoms with Crippen LogP contribution in [-0.4, -0.2) is 29.4 Å². The minimum absolute atomic E-state index is 0.0879. The standard InChI is InChI=1S/C11H14N4O2/c1-6-5-8(9(12)11(13)17)10(7(2)15-6)14-3-4-16/h4-5,12,14H,3H2,1-2H3,(H2,13,17). The monoisotopic (exact) mass is 234 g/mol. The molecule has 0 aliphatic carbocycles. The van der Waals surface area contributed by atoms with Crippen LogP contribution in [0.25, 0.3) is 0 Å². The normalized spacial score (nSPS) is 9.76. The summed E-state index contributed by atoms with van der Waals surface area (Å²) in [4.78, 5) is 25.6. The minimum atomic E-state index is -0.816. The molecule has 0 saturated carbocycles. The molecule has 0 bridgehead atoms. The van der Waals surface area contributed by atoms with Crippen LogP contribution in [-0.2, 0) is 9.59 Å². The number of primary amides is 1. The Morgan fingerprint density at radius 1 is 1.59 bits per heavy atom. The van der Waals surface area contributed by atoms with Crippen LogP contribution in [0.15, 0.2) is 6.07 Å². The number of aromatic nitrogens is 1. The van der Waals surface area contributed by atoms with Gasteiger partial charge in [-0.3, -0.25) is 15.2 Å². The van der Waals surface area contributed by atoms with Crippen LogP contribution >= 0.6 is 0 Å². The highest BCUT2D eigenvalue weighted by Crippen LogP contribution is 2.20. The lowest BCUT2D eigenvalue weighted by molar-refractivity contribution is -0.112. The average molecular weight is 234 g/mol. The molecule has 6 nitrogen and oxygen atoms in total. The predicted molar refractivity (Wildman–Crippen MR) is 64.3 cm³/mol. The van der Waals surface area contributed by atoms with Crippen LogP contribution in [0.3, 0.4) is 0 Å². The predicted octanol–water partition coefficient (Wildman–Crippen LogP) is 0.162. The van der Waals surface area contributed by atoms with Crippen molar-refractivity contribution in [3.05, 3.63) is 23.0 Å². The van der Waals surface area contributed by atoms with Crippen LogP contribution in [0.4, 0.5) is 5.69 Å². The lowest BCUT2D eigenvalue weighted by Gasteiger charge is -2.13. The number of amides is 1. The molecule has 0 aliphatic rings. The fourth-order valence-corrected chi connectivity index (χ4v) is 1.53. The number of nitrogens with zero attached hydrogens (tertiary/aromatic N) is 1. The summed E-state index contributed by atoms with van der Waals surface area (Å²) in [6, 6.07) is 1.59. The lowest BCUT2D eigenvalue weighted by Crippen LogP contribution is -2.25. The molecule has 90 valence electrons. The van der Waals surface area contributed by atoms with Gasteiger partial charge in [0, 0.05) is 11.3 Å². The van der Waals surface area contributed by atoms with Crippen molar-refractivity contribution in [3.63, 3.8) is 0 Å². The van der Waals surface area contributed by atoms with Crippen LogP contribution < -0.4 is 11.1 Å². The maximum absolute atomic E-state index is 11.0. The third kappa shape index (κ3) is 2.87. The minimum Gasteiger partial charge on any atom is -0.376 e. The molecule has 1 aromatic heterocycles. The smallest absolute Gasteiger partial charge is 0.267 e. The van der Waals surface area contributed by atoms with Gasteiger partial charge < -0.3 is 15.8 Å². The Balaban J connectivity index is 3.29. The molecule has 0 saturated heterocycles. The van der Waals surface area contributed by atoms with Gasteiger partial charge in [0.05, 0.1) is 17.9 Å². The maximum Gasteiger partial charge on any atom is 0.267 e. The van der Waals surface area contributed by atoms with Crippen LogP contribution in [0.5, 0.6) is 0 Å². The summed E-state index contributed by atoms with van der Waals surface area (Å²) >= 11 is 0. The summed E-state index contributed by atoms with van der Waals surface area (Å²) in [5.41, 5.74) is 6.94. The Morgan fingerprint density at radius 3 is 2.76 bits per heavy atom. The Kier molecular flexibility index (Phi) is 3.92. The van der Waals surface area contributed by atoms with E-state index < -0.39 is 5.91 Å². The van der Waals surface area contributed by atoms with Crippen LogP contribution in [0.1, 0.15) is 17.0 Å². The number of aryl methyl sites for hydroxylation is 2. The fraction of sp³-hybridized carbons (Fsp3) is 0.273. The molecule has 1 rings (SSSR count). The van der Waals surface area contributed by atoms with E-state index in [0.717, 1.165) is 0 Å². The summed E-state index contributed by atoms with van der Waals surface area (Å²) < 4.78 is 0. The van der Waals surface area contributed by atoms with Gasteiger partial charge in [-0.05, 0) is 19.9 Å². The zero-order chi connectivity index (χ0) is 13.0. The number of anilines is 1. The van der Waals surface area contributed by atoms with Gasteiger partial charge >= 0.3 is 0 Å². The van der Waals surface area contributed by atoms with Gasteiger partial charge in [-0.1, -0.05) is 0 Å². The molecule has 0 aliphatic heterocycles. The third-order valence-corrected chi connectivity index (χ3v) is 2.21. The molecule has 0 spiro atoms. The molecule has 0 radical (unpaired) electrons. The van der Waals surface area contributed by atoms with Gasteiger partial charge in [0.1, 0.15) is 12.0 Å². The lowest BCUT2D eigenvalue weighted by atomic mass is 10.1. The topological polar surface area (TPSA) is 109 Å². The Bertz CT molecular complexity index is 483. The summed E-state index contributed by atoms with van der Waals surface area (Å²) in [6.45, 7) is 3.58. The first kappa shape index (κ1) is 12.8. The van der Waals surface area contributed by atoms with Crippen molar-refractivity contribution in [3.8, 4) is 0 Å². The quantitative estimate of drug-likeness (QED) is 0.498. The SMILES string of the molecule is Cc1cc(C(=N)C(N)=O)c(NCC=O)c(C)n1. The van der Waals surface area contributed by atoms with Gasteiger partial charge in [-0.25, -0.2) is 0 Å². The molecule has 0 aromatic carbocycles. The fourth-order valence-electron chi connectivity index (χ4n) is 1.53. The molecule has 1 amide bonds. The molecule has 1 heterocycles. The second-order valence-corrected chi connectivity index (χ2v) is 3.56. The number of hydrogen-bond donors (Lipinski definition) is 3. The molecule has 0 unspecified atom stereocenters. The number of aldehydes is 1. The van der Waals surface area contributed by atoms with Crippen molar-refractivity contribution in [2.24, 2.45) is 5.73 Å². The Labute approximate surface area is 98.7 Å². The van der Waals surface area contributed by atoms with E-state index in [1.165, 1.54) is 0 Å². The summed E-state index contributed by atoms with van der Waals surface area (Å²) in [6.07, 6.45) is 0.691. The summed E-state index contributed by atoms with van der Waals surface area (Å²) in [5, 5.41) is 10.4.